The Morgan fingerprint density at radius 1 is 0.591 bits per heavy atom. The summed E-state index contributed by atoms with van der Waals surface area (Å²) in [6.45, 7) is 0. The Labute approximate surface area is 137 Å². The third kappa shape index (κ3) is 2.61. The molecule has 1 nitrogen and oxygen atoms in total. The van der Waals surface area contributed by atoms with Crippen LogP contribution >= 0.6 is 22.7 Å². The summed E-state index contributed by atoms with van der Waals surface area (Å²) in [5, 5.41) is 8.48. The van der Waals surface area contributed by atoms with E-state index < -0.39 is 0 Å². The van der Waals surface area contributed by atoms with Crippen molar-refractivity contribution in [2.24, 2.45) is 0 Å². The van der Waals surface area contributed by atoms with Crippen LogP contribution in [-0.4, -0.2) is 4.98 Å². The van der Waals surface area contributed by atoms with E-state index in [1.807, 2.05) is 6.07 Å². The lowest BCUT2D eigenvalue weighted by atomic mass is 10.0. The molecular weight excluding hydrogens is 306 g/mol. The molecule has 3 aromatic heterocycles. The second-order valence-corrected chi connectivity index (χ2v) is 6.58. The Bertz CT molecular complexity index is 811. The summed E-state index contributed by atoms with van der Waals surface area (Å²) < 4.78 is 0. The fourth-order valence-corrected chi connectivity index (χ4v) is 3.74. The fourth-order valence-electron chi connectivity index (χ4n) is 2.44. The minimum absolute atomic E-state index is 1.03. The molecule has 1 aromatic carbocycles. The maximum Gasteiger partial charge on any atom is 0.0724 e. The van der Waals surface area contributed by atoms with Crippen molar-refractivity contribution in [1.29, 1.82) is 0 Å². The second-order valence-electron chi connectivity index (χ2n) is 5.02. The highest BCUT2D eigenvalue weighted by Gasteiger charge is 2.09. The first-order valence-electron chi connectivity index (χ1n) is 7.03. The van der Waals surface area contributed by atoms with E-state index in [0.717, 1.165) is 11.4 Å². The normalized spacial score (nSPS) is 10.7. The Morgan fingerprint density at radius 3 is 1.68 bits per heavy atom. The van der Waals surface area contributed by atoms with Gasteiger partial charge in [0.1, 0.15) is 0 Å². The first-order valence-corrected chi connectivity index (χ1v) is 8.91. The Balaban J connectivity index is 1.91. The van der Waals surface area contributed by atoms with Crippen LogP contribution in [0.1, 0.15) is 0 Å². The van der Waals surface area contributed by atoms with E-state index in [1.54, 1.807) is 22.7 Å². The molecule has 0 saturated carbocycles. The summed E-state index contributed by atoms with van der Waals surface area (Å²) in [5.41, 5.74) is 6.85. The van der Waals surface area contributed by atoms with E-state index >= 15 is 0 Å². The zero-order valence-electron chi connectivity index (χ0n) is 11.8. The van der Waals surface area contributed by atoms with Crippen LogP contribution in [0.2, 0.25) is 0 Å². The maximum atomic E-state index is 4.86. The standard InChI is InChI=1S/C19H13NS2/c1-2-4-14(5-3-1)17-10-18(15-6-8-21-12-15)20-19(11-17)16-7-9-22-13-16/h1-13H. The number of aromatic nitrogens is 1. The van der Waals surface area contributed by atoms with Crippen molar-refractivity contribution in [3.05, 3.63) is 76.1 Å². The quantitative estimate of drug-likeness (QED) is 0.438. The Morgan fingerprint density at radius 2 is 1.18 bits per heavy atom. The highest BCUT2D eigenvalue weighted by molar-refractivity contribution is 7.08. The van der Waals surface area contributed by atoms with Crippen molar-refractivity contribution >= 4 is 22.7 Å². The van der Waals surface area contributed by atoms with E-state index in [9.17, 15) is 0 Å². The molecule has 4 aromatic rings. The summed E-state index contributed by atoms with van der Waals surface area (Å²) in [6.07, 6.45) is 0. The molecule has 106 valence electrons. The van der Waals surface area contributed by atoms with Crippen molar-refractivity contribution in [1.82, 2.24) is 4.98 Å². The SMILES string of the molecule is c1ccc(-c2cc(-c3ccsc3)nc(-c3ccsc3)c2)cc1. The zero-order valence-corrected chi connectivity index (χ0v) is 13.4. The molecule has 3 heterocycles. The highest BCUT2D eigenvalue weighted by Crippen LogP contribution is 2.31. The Hall–Kier alpha value is -2.23. The van der Waals surface area contributed by atoms with Gasteiger partial charge in [0.25, 0.3) is 0 Å². The molecule has 0 unspecified atom stereocenters. The van der Waals surface area contributed by atoms with Crippen LogP contribution in [0.4, 0.5) is 0 Å². The molecule has 0 saturated heterocycles. The van der Waals surface area contributed by atoms with Crippen LogP contribution < -0.4 is 0 Å². The second kappa shape index (κ2) is 5.87. The van der Waals surface area contributed by atoms with Gasteiger partial charge in [0, 0.05) is 21.9 Å². The average Bonchev–Trinajstić information content (AvgIpc) is 3.29. The van der Waals surface area contributed by atoms with Gasteiger partial charge in [-0.2, -0.15) is 22.7 Å². The highest BCUT2D eigenvalue weighted by atomic mass is 32.1. The molecule has 3 heteroatoms. The average molecular weight is 319 g/mol. The van der Waals surface area contributed by atoms with Gasteiger partial charge in [-0.25, -0.2) is 4.98 Å². The molecule has 0 atom stereocenters. The third-order valence-corrected chi connectivity index (χ3v) is 4.93. The van der Waals surface area contributed by atoms with Crippen molar-refractivity contribution in [3.63, 3.8) is 0 Å². The van der Waals surface area contributed by atoms with Gasteiger partial charge in [0.05, 0.1) is 11.4 Å². The monoisotopic (exact) mass is 319 g/mol. The van der Waals surface area contributed by atoms with Crippen LogP contribution in [0.3, 0.4) is 0 Å². The molecule has 0 aliphatic carbocycles. The third-order valence-electron chi connectivity index (χ3n) is 3.57. The number of thiophene rings is 2. The van der Waals surface area contributed by atoms with Crippen LogP contribution in [-0.2, 0) is 0 Å². The van der Waals surface area contributed by atoms with Crippen molar-refractivity contribution in [2.75, 3.05) is 0 Å². The number of rotatable bonds is 3. The molecule has 0 radical (unpaired) electrons. The van der Waals surface area contributed by atoms with Gasteiger partial charge in [-0.05, 0) is 46.2 Å². The summed E-state index contributed by atoms with van der Waals surface area (Å²) >= 11 is 3.40. The number of hydrogen-bond donors (Lipinski definition) is 0. The predicted molar refractivity (Wildman–Crippen MR) is 96.3 cm³/mol. The van der Waals surface area contributed by atoms with Crippen LogP contribution in [0.15, 0.2) is 76.1 Å². The van der Waals surface area contributed by atoms with Gasteiger partial charge in [0.2, 0.25) is 0 Å². The van der Waals surface area contributed by atoms with Crippen molar-refractivity contribution in [2.45, 2.75) is 0 Å². The minimum atomic E-state index is 1.03. The molecule has 0 aliphatic rings. The smallest absolute Gasteiger partial charge is 0.0724 e. The van der Waals surface area contributed by atoms with Crippen LogP contribution in [0, 0.1) is 0 Å². The van der Waals surface area contributed by atoms with Gasteiger partial charge >= 0.3 is 0 Å². The van der Waals surface area contributed by atoms with Gasteiger partial charge in [-0.15, -0.1) is 0 Å². The number of benzene rings is 1. The van der Waals surface area contributed by atoms with E-state index in [-0.39, 0.29) is 0 Å². The van der Waals surface area contributed by atoms with Gasteiger partial charge in [0.15, 0.2) is 0 Å². The van der Waals surface area contributed by atoms with E-state index in [0.29, 0.717) is 0 Å². The molecular formula is C19H13NS2. The summed E-state index contributed by atoms with van der Waals surface area (Å²) in [6, 6.07) is 19.1. The van der Waals surface area contributed by atoms with Crippen molar-refractivity contribution in [3.8, 4) is 33.6 Å². The molecule has 0 spiro atoms. The first-order chi connectivity index (χ1) is 10.9. The van der Waals surface area contributed by atoms with Crippen molar-refractivity contribution < 1.29 is 0 Å². The van der Waals surface area contributed by atoms with Crippen LogP contribution in [0.5, 0.6) is 0 Å². The maximum absolute atomic E-state index is 4.86. The number of hydrogen-bond acceptors (Lipinski definition) is 3. The molecule has 0 N–H and O–H groups in total. The lowest BCUT2D eigenvalue weighted by molar-refractivity contribution is 1.33. The molecule has 0 aliphatic heterocycles. The molecule has 4 rings (SSSR count). The lowest BCUT2D eigenvalue weighted by Gasteiger charge is -2.08. The number of nitrogens with zero attached hydrogens (tertiary/aromatic N) is 1. The van der Waals surface area contributed by atoms with E-state index in [1.165, 1.54) is 22.3 Å². The fraction of sp³-hybridized carbons (Fsp3) is 0. The summed E-state index contributed by atoms with van der Waals surface area (Å²) in [7, 11) is 0. The minimum Gasteiger partial charge on any atom is -0.248 e. The van der Waals surface area contributed by atoms with E-state index in [2.05, 4.69) is 70.1 Å². The molecule has 0 fully saturated rings. The number of pyridine rings is 1. The summed E-state index contributed by atoms with van der Waals surface area (Å²) in [5.74, 6) is 0. The predicted octanol–water partition coefficient (Wildman–Crippen LogP) is 6.21. The largest absolute Gasteiger partial charge is 0.248 e. The van der Waals surface area contributed by atoms with Crippen LogP contribution in [0.25, 0.3) is 33.6 Å². The van der Waals surface area contributed by atoms with Gasteiger partial charge < -0.3 is 0 Å². The molecule has 0 bridgehead atoms. The first kappa shape index (κ1) is 13.4. The topological polar surface area (TPSA) is 12.9 Å². The lowest BCUT2D eigenvalue weighted by Crippen LogP contribution is -1.89. The molecule has 0 amide bonds. The van der Waals surface area contributed by atoms with Gasteiger partial charge in [-0.3, -0.25) is 0 Å². The van der Waals surface area contributed by atoms with Gasteiger partial charge in [-0.1, -0.05) is 30.3 Å². The zero-order chi connectivity index (χ0) is 14.8. The van der Waals surface area contributed by atoms with E-state index in [4.69, 9.17) is 4.98 Å². The summed E-state index contributed by atoms with van der Waals surface area (Å²) in [4.78, 5) is 4.86. The molecule has 22 heavy (non-hydrogen) atoms. The Kier molecular flexibility index (Phi) is 3.59.